The summed E-state index contributed by atoms with van der Waals surface area (Å²) in [6.45, 7) is 8.32. The van der Waals surface area contributed by atoms with Crippen LogP contribution in [0.4, 0.5) is 5.82 Å². The summed E-state index contributed by atoms with van der Waals surface area (Å²) in [7, 11) is 0. The van der Waals surface area contributed by atoms with Crippen molar-refractivity contribution in [2.45, 2.75) is 27.3 Å². The van der Waals surface area contributed by atoms with Gasteiger partial charge in [-0.05, 0) is 48.4 Å². The van der Waals surface area contributed by atoms with Crippen molar-refractivity contribution in [2.24, 2.45) is 5.92 Å². The molecule has 0 radical (unpaired) electrons. The van der Waals surface area contributed by atoms with Crippen LogP contribution in [0.3, 0.4) is 0 Å². The highest BCUT2D eigenvalue weighted by Crippen LogP contribution is 2.26. The summed E-state index contributed by atoms with van der Waals surface area (Å²) in [6.07, 6.45) is 0. The molecule has 27 heavy (non-hydrogen) atoms. The van der Waals surface area contributed by atoms with Gasteiger partial charge in [0.15, 0.2) is 5.82 Å². The molecule has 0 spiro atoms. The first-order valence-corrected chi connectivity index (χ1v) is 9.18. The molecule has 0 saturated carbocycles. The monoisotopic (exact) mass is 387 g/mol. The normalized spacial score (nSPS) is 11.0. The Morgan fingerprint density at radius 1 is 1.15 bits per heavy atom. The van der Waals surface area contributed by atoms with Crippen LogP contribution >= 0.6 is 11.6 Å². The van der Waals surface area contributed by atoms with Crippen LogP contribution in [0.15, 0.2) is 30.3 Å². The maximum Gasteiger partial charge on any atom is 0.224 e. The number of nitrogens with one attached hydrogen (secondary N) is 1. The van der Waals surface area contributed by atoms with Crippen LogP contribution in [-0.2, 0) is 6.54 Å². The van der Waals surface area contributed by atoms with E-state index < -0.39 is 0 Å². The topological polar surface area (TPSA) is 92.7 Å². The second-order valence-corrected chi connectivity index (χ2v) is 6.92. The van der Waals surface area contributed by atoms with E-state index in [-0.39, 0.29) is 0 Å². The SMILES string of the molecule is CCN(Cc1cc(Cl)ccc1OCC(C)C)c1ccc(-c2nn[nH]n2)nn1. The fraction of sp³-hybridized carbons (Fsp3) is 0.389. The summed E-state index contributed by atoms with van der Waals surface area (Å²) in [5, 5.41) is 22.9. The minimum Gasteiger partial charge on any atom is -0.493 e. The van der Waals surface area contributed by atoms with Gasteiger partial charge in [0.2, 0.25) is 5.82 Å². The third kappa shape index (κ3) is 4.91. The Kier molecular flexibility index (Phi) is 6.18. The molecular formula is C18H22ClN7O. The van der Waals surface area contributed by atoms with Crippen LogP contribution in [0.2, 0.25) is 5.02 Å². The van der Waals surface area contributed by atoms with E-state index >= 15 is 0 Å². The molecule has 0 amide bonds. The van der Waals surface area contributed by atoms with Crippen LogP contribution < -0.4 is 9.64 Å². The van der Waals surface area contributed by atoms with Crippen molar-refractivity contribution < 1.29 is 4.74 Å². The van der Waals surface area contributed by atoms with Crippen LogP contribution in [0.5, 0.6) is 5.75 Å². The van der Waals surface area contributed by atoms with Crippen LogP contribution in [0.1, 0.15) is 26.3 Å². The van der Waals surface area contributed by atoms with Crippen LogP contribution in [-0.4, -0.2) is 44.0 Å². The van der Waals surface area contributed by atoms with Crippen molar-refractivity contribution in [3.63, 3.8) is 0 Å². The highest BCUT2D eigenvalue weighted by Gasteiger charge is 2.14. The van der Waals surface area contributed by atoms with E-state index in [2.05, 4.69) is 56.5 Å². The van der Waals surface area contributed by atoms with Gasteiger partial charge in [0.1, 0.15) is 11.4 Å². The second kappa shape index (κ2) is 8.77. The van der Waals surface area contributed by atoms with Crippen molar-refractivity contribution >= 4 is 17.4 Å². The molecule has 0 atom stereocenters. The minimum absolute atomic E-state index is 0.413. The second-order valence-electron chi connectivity index (χ2n) is 6.48. The van der Waals surface area contributed by atoms with Crippen LogP contribution in [0.25, 0.3) is 11.5 Å². The Morgan fingerprint density at radius 2 is 2.00 bits per heavy atom. The predicted molar refractivity (Wildman–Crippen MR) is 104 cm³/mol. The number of benzene rings is 1. The first-order valence-electron chi connectivity index (χ1n) is 8.80. The number of hydrogen-bond acceptors (Lipinski definition) is 7. The Labute approximate surface area is 162 Å². The molecule has 0 unspecified atom stereocenters. The molecule has 8 nitrogen and oxygen atoms in total. The average molecular weight is 388 g/mol. The Hall–Kier alpha value is -2.74. The zero-order valence-corrected chi connectivity index (χ0v) is 16.3. The molecule has 3 aromatic rings. The number of aromatic nitrogens is 6. The molecule has 9 heteroatoms. The number of aromatic amines is 1. The van der Waals surface area contributed by atoms with Crippen molar-refractivity contribution in [2.75, 3.05) is 18.1 Å². The van der Waals surface area contributed by atoms with E-state index in [1.165, 1.54) is 0 Å². The molecule has 0 aliphatic rings. The molecule has 1 N–H and O–H groups in total. The van der Waals surface area contributed by atoms with E-state index in [1.807, 2.05) is 30.3 Å². The fourth-order valence-electron chi connectivity index (χ4n) is 2.51. The predicted octanol–water partition coefficient (Wildman–Crippen LogP) is 3.37. The van der Waals surface area contributed by atoms with E-state index in [1.54, 1.807) is 0 Å². The summed E-state index contributed by atoms with van der Waals surface area (Å²) < 4.78 is 5.95. The number of rotatable bonds is 8. The van der Waals surface area contributed by atoms with Gasteiger partial charge in [-0.2, -0.15) is 5.21 Å². The molecule has 142 valence electrons. The van der Waals surface area contributed by atoms with E-state index in [4.69, 9.17) is 16.3 Å². The summed E-state index contributed by atoms with van der Waals surface area (Å²) in [4.78, 5) is 2.10. The number of nitrogens with zero attached hydrogens (tertiary/aromatic N) is 6. The third-order valence-electron chi connectivity index (χ3n) is 3.89. The number of anilines is 1. The van der Waals surface area contributed by atoms with Gasteiger partial charge in [0.05, 0.1) is 6.61 Å². The third-order valence-corrected chi connectivity index (χ3v) is 4.12. The number of H-pyrrole nitrogens is 1. The zero-order chi connectivity index (χ0) is 19.2. The van der Waals surface area contributed by atoms with Gasteiger partial charge >= 0.3 is 0 Å². The lowest BCUT2D eigenvalue weighted by Crippen LogP contribution is -2.24. The van der Waals surface area contributed by atoms with Crippen molar-refractivity contribution in [3.8, 4) is 17.3 Å². The van der Waals surface area contributed by atoms with Gasteiger partial charge in [0, 0.05) is 23.7 Å². The molecule has 0 fully saturated rings. The molecule has 2 heterocycles. The van der Waals surface area contributed by atoms with Crippen molar-refractivity contribution in [1.29, 1.82) is 0 Å². The summed E-state index contributed by atoms with van der Waals surface area (Å²) in [5.74, 6) is 2.44. The van der Waals surface area contributed by atoms with Gasteiger partial charge in [-0.1, -0.05) is 25.4 Å². The molecule has 0 bridgehead atoms. The Bertz CT molecular complexity index is 853. The number of hydrogen-bond donors (Lipinski definition) is 1. The smallest absolute Gasteiger partial charge is 0.224 e. The molecule has 1 aromatic carbocycles. The van der Waals surface area contributed by atoms with Gasteiger partial charge < -0.3 is 9.64 Å². The summed E-state index contributed by atoms with van der Waals surface area (Å²) in [6, 6.07) is 9.40. The first kappa shape index (κ1) is 19.0. The van der Waals surface area contributed by atoms with Gasteiger partial charge in [-0.15, -0.1) is 20.4 Å². The van der Waals surface area contributed by atoms with Gasteiger partial charge in [0.25, 0.3) is 0 Å². The lowest BCUT2D eigenvalue weighted by atomic mass is 10.1. The highest BCUT2D eigenvalue weighted by molar-refractivity contribution is 6.30. The number of halogens is 1. The molecule has 0 saturated heterocycles. The van der Waals surface area contributed by atoms with Crippen molar-refractivity contribution in [3.05, 3.63) is 40.9 Å². The fourth-order valence-corrected chi connectivity index (χ4v) is 2.71. The summed E-state index contributed by atoms with van der Waals surface area (Å²) in [5.41, 5.74) is 1.57. The van der Waals surface area contributed by atoms with Gasteiger partial charge in [-0.3, -0.25) is 0 Å². The lowest BCUT2D eigenvalue weighted by Gasteiger charge is -2.23. The number of tetrazole rings is 1. The quantitative estimate of drug-likeness (QED) is 0.633. The first-order chi connectivity index (χ1) is 13.1. The maximum atomic E-state index is 6.21. The van der Waals surface area contributed by atoms with E-state index in [9.17, 15) is 0 Å². The molecular weight excluding hydrogens is 366 g/mol. The number of ether oxygens (including phenoxy) is 1. The Balaban J connectivity index is 1.79. The maximum absolute atomic E-state index is 6.21. The molecule has 3 rings (SSSR count). The van der Waals surface area contributed by atoms with E-state index in [0.29, 0.717) is 35.6 Å². The van der Waals surface area contributed by atoms with Gasteiger partial charge in [-0.25, -0.2) is 0 Å². The average Bonchev–Trinajstić information content (AvgIpc) is 3.20. The molecule has 0 aliphatic heterocycles. The van der Waals surface area contributed by atoms with E-state index in [0.717, 1.165) is 23.7 Å². The summed E-state index contributed by atoms with van der Waals surface area (Å²) >= 11 is 6.21. The lowest BCUT2D eigenvalue weighted by molar-refractivity contribution is 0.268. The van der Waals surface area contributed by atoms with Crippen LogP contribution in [0, 0.1) is 5.92 Å². The Morgan fingerprint density at radius 3 is 2.63 bits per heavy atom. The molecule has 2 aromatic heterocycles. The van der Waals surface area contributed by atoms with Crippen molar-refractivity contribution in [1.82, 2.24) is 30.8 Å². The zero-order valence-electron chi connectivity index (χ0n) is 15.6. The largest absolute Gasteiger partial charge is 0.493 e. The minimum atomic E-state index is 0.413. The molecule has 0 aliphatic carbocycles. The highest BCUT2D eigenvalue weighted by atomic mass is 35.5. The standard InChI is InChI=1S/C18H22ClN7O/c1-4-26(17-8-6-15(20-21-17)18-22-24-25-23-18)10-13-9-14(19)5-7-16(13)27-11-12(2)3/h5-9,12H,4,10-11H2,1-3H3,(H,22,23,24,25).